The number of carbonyl (C=O) groups excluding carboxylic acids is 1. The van der Waals surface area contributed by atoms with Gasteiger partial charge in [0.05, 0.1) is 11.2 Å². The third-order valence-corrected chi connectivity index (χ3v) is 3.46. The van der Waals surface area contributed by atoms with Crippen LogP contribution in [0.1, 0.15) is 10.5 Å². The lowest BCUT2D eigenvalue weighted by molar-refractivity contribution is -0.118. The summed E-state index contributed by atoms with van der Waals surface area (Å²) >= 11 is 0. The molecule has 26 heavy (non-hydrogen) atoms. The van der Waals surface area contributed by atoms with Crippen molar-refractivity contribution in [2.45, 2.75) is 0 Å². The van der Waals surface area contributed by atoms with Crippen LogP contribution in [0.4, 0.5) is 14.5 Å². The Morgan fingerprint density at radius 1 is 1.12 bits per heavy atom. The lowest BCUT2D eigenvalue weighted by atomic mass is 10.2. The maximum atomic E-state index is 13.5. The number of halogens is 2. The number of hydrogen-bond acceptors (Lipinski definition) is 4. The van der Waals surface area contributed by atoms with Gasteiger partial charge in [-0.05, 0) is 24.3 Å². The number of hydrogen-bond donors (Lipinski definition) is 2. The van der Waals surface area contributed by atoms with Gasteiger partial charge >= 0.3 is 5.97 Å². The van der Waals surface area contributed by atoms with Crippen molar-refractivity contribution in [3.8, 4) is 5.75 Å². The summed E-state index contributed by atoms with van der Waals surface area (Å²) < 4.78 is 32.1. The van der Waals surface area contributed by atoms with E-state index in [4.69, 9.17) is 9.84 Å². The van der Waals surface area contributed by atoms with E-state index in [2.05, 4.69) is 10.3 Å². The van der Waals surface area contributed by atoms with E-state index < -0.39 is 30.1 Å². The van der Waals surface area contributed by atoms with Crippen LogP contribution in [0.25, 0.3) is 10.9 Å². The van der Waals surface area contributed by atoms with Gasteiger partial charge in [0.15, 0.2) is 12.3 Å². The summed E-state index contributed by atoms with van der Waals surface area (Å²) in [5.41, 5.74) is -0.168. The van der Waals surface area contributed by atoms with E-state index in [1.165, 1.54) is 6.07 Å². The molecule has 0 radical (unpaired) electrons. The Bertz CT molecular complexity index is 1010. The Balaban J connectivity index is 1.79. The summed E-state index contributed by atoms with van der Waals surface area (Å²) in [6, 6.07) is 10.5. The number of rotatable bonds is 5. The standard InChI is InChI=1S/C18H12F2N2O4/c19-10-5-6-12(20)14(7-10)22-17(23)9-26-16-8-15(18(24)25)21-13-4-2-1-3-11(13)16/h1-8H,9H2,(H,22,23)(H,24,25). The predicted octanol–water partition coefficient (Wildman–Crippen LogP) is 3.23. The first-order valence-corrected chi connectivity index (χ1v) is 7.45. The Labute approximate surface area is 146 Å². The summed E-state index contributed by atoms with van der Waals surface area (Å²) in [6.45, 7) is -0.525. The maximum absolute atomic E-state index is 13.5. The van der Waals surface area contributed by atoms with E-state index >= 15 is 0 Å². The van der Waals surface area contributed by atoms with Crippen molar-refractivity contribution in [2.24, 2.45) is 0 Å². The quantitative estimate of drug-likeness (QED) is 0.731. The van der Waals surface area contributed by atoms with Crippen molar-refractivity contribution < 1.29 is 28.2 Å². The molecule has 8 heteroatoms. The fourth-order valence-electron chi connectivity index (χ4n) is 2.30. The zero-order chi connectivity index (χ0) is 18.7. The van der Waals surface area contributed by atoms with Crippen molar-refractivity contribution in [3.05, 3.63) is 65.9 Å². The lowest BCUT2D eigenvalue weighted by Crippen LogP contribution is -2.21. The molecule has 0 saturated heterocycles. The van der Waals surface area contributed by atoms with Crippen molar-refractivity contribution >= 4 is 28.5 Å². The molecule has 3 aromatic rings. The number of carbonyl (C=O) groups is 2. The number of nitrogens with zero attached hydrogens (tertiary/aromatic N) is 1. The molecular weight excluding hydrogens is 346 g/mol. The van der Waals surface area contributed by atoms with Gasteiger partial charge in [-0.1, -0.05) is 12.1 Å². The van der Waals surface area contributed by atoms with Crippen LogP contribution in [-0.2, 0) is 4.79 Å². The van der Waals surface area contributed by atoms with Gasteiger partial charge in [0, 0.05) is 17.5 Å². The van der Waals surface area contributed by atoms with Crippen molar-refractivity contribution in [1.82, 2.24) is 4.98 Å². The van der Waals surface area contributed by atoms with E-state index in [1.54, 1.807) is 24.3 Å². The number of benzene rings is 2. The molecule has 0 aliphatic rings. The third-order valence-electron chi connectivity index (χ3n) is 3.46. The number of ether oxygens (including phenoxy) is 1. The molecule has 1 heterocycles. The van der Waals surface area contributed by atoms with Crippen LogP contribution in [-0.4, -0.2) is 28.6 Å². The van der Waals surface area contributed by atoms with Crippen LogP contribution < -0.4 is 10.1 Å². The average Bonchev–Trinajstić information content (AvgIpc) is 2.62. The zero-order valence-corrected chi connectivity index (χ0v) is 13.2. The number of anilines is 1. The Morgan fingerprint density at radius 2 is 1.88 bits per heavy atom. The minimum Gasteiger partial charge on any atom is -0.483 e. The molecule has 0 bridgehead atoms. The highest BCUT2D eigenvalue weighted by atomic mass is 19.1. The summed E-state index contributed by atoms with van der Waals surface area (Å²) in [7, 11) is 0. The summed E-state index contributed by atoms with van der Waals surface area (Å²) in [6.07, 6.45) is 0. The SMILES string of the molecule is O=C(COc1cc(C(=O)O)nc2ccccc12)Nc1cc(F)ccc1F. The molecular formula is C18H12F2N2O4. The van der Waals surface area contributed by atoms with E-state index in [-0.39, 0.29) is 17.1 Å². The average molecular weight is 358 g/mol. The van der Waals surface area contributed by atoms with Gasteiger partial charge in [-0.15, -0.1) is 0 Å². The number of pyridine rings is 1. The molecule has 1 amide bonds. The first kappa shape index (κ1) is 17.3. The summed E-state index contributed by atoms with van der Waals surface area (Å²) in [5, 5.41) is 11.8. The number of aromatic carboxylic acids is 1. The molecule has 0 unspecified atom stereocenters. The maximum Gasteiger partial charge on any atom is 0.354 e. The second-order valence-electron chi connectivity index (χ2n) is 5.29. The second kappa shape index (κ2) is 7.14. The molecule has 3 rings (SSSR count). The monoisotopic (exact) mass is 358 g/mol. The number of fused-ring (bicyclic) bond motifs is 1. The van der Waals surface area contributed by atoms with Gasteiger partial charge in [0.2, 0.25) is 0 Å². The predicted molar refractivity (Wildman–Crippen MR) is 89.2 cm³/mol. The third kappa shape index (κ3) is 3.75. The molecule has 2 N–H and O–H groups in total. The first-order chi connectivity index (χ1) is 12.4. The number of nitrogens with one attached hydrogen (secondary N) is 1. The summed E-state index contributed by atoms with van der Waals surface area (Å²) in [4.78, 5) is 27.1. The highest BCUT2D eigenvalue weighted by Crippen LogP contribution is 2.25. The molecule has 0 fully saturated rings. The minimum atomic E-state index is -1.24. The second-order valence-corrected chi connectivity index (χ2v) is 5.29. The Kier molecular flexibility index (Phi) is 4.74. The van der Waals surface area contributed by atoms with Crippen molar-refractivity contribution in [1.29, 1.82) is 0 Å². The molecule has 0 aliphatic carbocycles. The van der Waals surface area contributed by atoms with Crippen molar-refractivity contribution in [3.63, 3.8) is 0 Å². The van der Waals surface area contributed by atoms with E-state index in [9.17, 15) is 18.4 Å². The van der Waals surface area contributed by atoms with Crippen LogP contribution >= 0.6 is 0 Å². The number of carboxylic acids is 1. The smallest absolute Gasteiger partial charge is 0.354 e. The number of amides is 1. The van der Waals surface area contributed by atoms with Crippen LogP contribution in [0.3, 0.4) is 0 Å². The highest BCUT2D eigenvalue weighted by Gasteiger charge is 2.14. The van der Waals surface area contributed by atoms with Gasteiger partial charge in [-0.2, -0.15) is 0 Å². The number of carboxylic acid groups (broad SMARTS) is 1. The number of aromatic nitrogens is 1. The van der Waals surface area contributed by atoms with E-state index in [0.29, 0.717) is 10.9 Å². The van der Waals surface area contributed by atoms with Gasteiger partial charge in [-0.3, -0.25) is 4.79 Å². The fraction of sp³-hybridized carbons (Fsp3) is 0.0556. The normalized spacial score (nSPS) is 10.5. The molecule has 0 spiro atoms. The van der Waals surface area contributed by atoms with E-state index in [0.717, 1.165) is 18.2 Å². The van der Waals surface area contributed by atoms with Crippen molar-refractivity contribution in [2.75, 3.05) is 11.9 Å². The van der Waals surface area contributed by atoms with Crippen LogP contribution in [0, 0.1) is 11.6 Å². The molecule has 2 aromatic carbocycles. The van der Waals surface area contributed by atoms with Gasteiger partial charge in [0.1, 0.15) is 17.4 Å². The molecule has 1 aromatic heterocycles. The van der Waals surface area contributed by atoms with Gasteiger partial charge in [0.25, 0.3) is 5.91 Å². The molecule has 0 aliphatic heterocycles. The van der Waals surface area contributed by atoms with Crippen LogP contribution in [0.15, 0.2) is 48.5 Å². The Morgan fingerprint density at radius 3 is 2.65 bits per heavy atom. The number of para-hydroxylation sites is 1. The topological polar surface area (TPSA) is 88.5 Å². The highest BCUT2D eigenvalue weighted by molar-refractivity contribution is 5.94. The fourth-order valence-corrected chi connectivity index (χ4v) is 2.30. The summed E-state index contributed by atoms with van der Waals surface area (Å²) in [5.74, 6) is -3.32. The molecule has 0 saturated carbocycles. The minimum absolute atomic E-state index is 0.142. The first-order valence-electron chi connectivity index (χ1n) is 7.45. The van der Waals surface area contributed by atoms with Gasteiger partial charge < -0.3 is 15.2 Å². The van der Waals surface area contributed by atoms with E-state index in [1.807, 2.05) is 0 Å². The largest absolute Gasteiger partial charge is 0.483 e. The lowest BCUT2D eigenvalue weighted by Gasteiger charge is -2.11. The van der Waals surface area contributed by atoms with Crippen LogP contribution in [0.5, 0.6) is 5.75 Å². The van der Waals surface area contributed by atoms with Gasteiger partial charge in [-0.25, -0.2) is 18.6 Å². The van der Waals surface area contributed by atoms with Crippen LogP contribution in [0.2, 0.25) is 0 Å². The molecule has 0 atom stereocenters. The Hall–Kier alpha value is -3.55. The molecule has 6 nitrogen and oxygen atoms in total. The zero-order valence-electron chi connectivity index (χ0n) is 13.2. The molecule has 132 valence electrons.